The lowest BCUT2D eigenvalue weighted by Gasteiger charge is -2.28. The quantitative estimate of drug-likeness (QED) is 0.359. The maximum absolute atomic E-state index is 6.02. The van der Waals surface area contributed by atoms with Gasteiger partial charge in [-0.3, -0.25) is 0 Å². The van der Waals surface area contributed by atoms with Crippen molar-refractivity contribution >= 4 is 0 Å². The Morgan fingerprint density at radius 1 is 1.44 bits per heavy atom. The average Bonchev–Trinajstić information content (AvgIpc) is 3.03. The molecule has 0 N–H and O–H groups in total. The highest BCUT2D eigenvalue weighted by Crippen LogP contribution is 2.35. The third-order valence-corrected chi connectivity index (χ3v) is 3.31. The van der Waals surface area contributed by atoms with Crippen molar-refractivity contribution in [1.29, 1.82) is 0 Å². The lowest BCUT2D eigenvalue weighted by atomic mass is 9.99. The fraction of sp³-hybridized carbons (Fsp3) is 0.867. The van der Waals surface area contributed by atoms with E-state index in [0.717, 1.165) is 31.6 Å². The summed E-state index contributed by atoms with van der Waals surface area (Å²) in [5.74, 6) is 0.582. The van der Waals surface area contributed by atoms with E-state index in [9.17, 15) is 0 Å². The highest BCUT2D eigenvalue weighted by molar-refractivity contribution is 5.07. The lowest BCUT2D eigenvalue weighted by molar-refractivity contribution is -0.0974. The molecule has 3 heteroatoms. The molecule has 1 aliphatic rings. The minimum absolute atomic E-state index is 0.0902. The Labute approximate surface area is 111 Å². The van der Waals surface area contributed by atoms with Crippen molar-refractivity contribution in [3.8, 4) is 0 Å². The minimum atomic E-state index is -0.161. The van der Waals surface area contributed by atoms with Gasteiger partial charge in [0.2, 0.25) is 0 Å². The molecule has 0 aromatic rings. The molecule has 106 valence electrons. The van der Waals surface area contributed by atoms with Crippen LogP contribution in [0.15, 0.2) is 12.2 Å². The van der Waals surface area contributed by atoms with Crippen LogP contribution in [0.3, 0.4) is 0 Å². The summed E-state index contributed by atoms with van der Waals surface area (Å²) in [6, 6.07) is 0. The molecule has 3 atom stereocenters. The van der Waals surface area contributed by atoms with Crippen molar-refractivity contribution in [1.82, 2.24) is 0 Å². The van der Waals surface area contributed by atoms with Crippen molar-refractivity contribution in [3.63, 3.8) is 0 Å². The molecule has 0 aromatic heterocycles. The van der Waals surface area contributed by atoms with Crippen LogP contribution in [0.1, 0.15) is 47.5 Å². The predicted molar refractivity (Wildman–Crippen MR) is 73.5 cm³/mol. The Morgan fingerprint density at radius 3 is 2.56 bits per heavy atom. The van der Waals surface area contributed by atoms with Gasteiger partial charge in [-0.2, -0.15) is 0 Å². The first-order valence-corrected chi connectivity index (χ1v) is 6.94. The van der Waals surface area contributed by atoms with Gasteiger partial charge in [-0.05, 0) is 38.2 Å². The maximum Gasteiger partial charge on any atom is 0.189 e. The highest BCUT2D eigenvalue weighted by Gasteiger charge is 2.44. The van der Waals surface area contributed by atoms with E-state index in [0.29, 0.717) is 5.92 Å². The van der Waals surface area contributed by atoms with Gasteiger partial charge in [-0.15, -0.1) is 0 Å². The van der Waals surface area contributed by atoms with E-state index in [4.69, 9.17) is 14.2 Å². The first-order valence-electron chi connectivity index (χ1n) is 6.94. The summed E-state index contributed by atoms with van der Waals surface area (Å²) in [7, 11) is 0. The fourth-order valence-corrected chi connectivity index (χ4v) is 1.74. The van der Waals surface area contributed by atoms with Crippen LogP contribution < -0.4 is 0 Å². The van der Waals surface area contributed by atoms with E-state index in [1.807, 2.05) is 6.92 Å². The number of epoxide rings is 1. The zero-order valence-corrected chi connectivity index (χ0v) is 12.5. The van der Waals surface area contributed by atoms with E-state index < -0.39 is 0 Å². The molecular weight excluding hydrogens is 228 g/mol. The average molecular weight is 256 g/mol. The molecule has 1 fully saturated rings. The number of ether oxygens (including phenoxy) is 3. The summed E-state index contributed by atoms with van der Waals surface area (Å²) in [4.78, 5) is 0. The topological polar surface area (TPSA) is 31.0 Å². The van der Waals surface area contributed by atoms with E-state index in [-0.39, 0.29) is 18.0 Å². The van der Waals surface area contributed by atoms with Crippen LogP contribution in [0.4, 0.5) is 0 Å². The second-order valence-electron chi connectivity index (χ2n) is 5.91. The summed E-state index contributed by atoms with van der Waals surface area (Å²) < 4.78 is 17.1. The van der Waals surface area contributed by atoms with Gasteiger partial charge < -0.3 is 14.2 Å². The summed E-state index contributed by atoms with van der Waals surface area (Å²) in [6.45, 7) is 16.0. The molecule has 1 saturated heterocycles. The van der Waals surface area contributed by atoms with Gasteiger partial charge in [-0.25, -0.2) is 0 Å². The van der Waals surface area contributed by atoms with Crippen LogP contribution in [0.2, 0.25) is 0 Å². The third-order valence-electron chi connectivity index (χ3n) is 3.31. The Hall–Kier alpha value is -0.380. The summed E-state index contributed by atoms with van der Waals surface area (Å²) >= 11 is 0. The van der Waals surface area contributed by atoms with E-state index in [2.05, 4.69) is 34.3 Å². The Balaban J connectivity index is 2.27. The molecule has 0 amide bonds. The minimum Gasteiger partial charge on any atom is -0.381 e. The van der Waals surface area contributed by atoms with Crippen LogP contribution in [-0.2, 0) is 14.2 Å². The second kappa shape index (κ2) is 6.69. The van der Waals surface area contributed by atoms with Gasteiger partial charge in [0.25, 0.3) is 0 Å². The van der Waals surface area contributed by atoms with Gasteiger partial charge in [0.05, 0.1) is 5.60 Å². The lowest BCUT2D eigenvalue weighted by Crippen LogP contribution is -2.31. The summed E-state index contributed by atoms with van der Waals surface area (Å²) in [5.41, 5.74) is 0.876. The Morgan fingerprint density at radius 2 is 2.11 bits per heavy atom. The standard InChI is InChI=1S/C15H28O3/c1-7-15(6,8-9-16-10-11(2)3)18-14-13(17-14)12(4)5/h11,13-14H,4,7-10H2,1-3,5-6H3. The number of hydrogen-bond donors (Lipinski definition) is 0. The maximum atomic E-state index is 6.02. The molecule has 0 saturated carbocycles. The molecular formula is C15H28O3. The molecule has 0 aromatic carbocycles. The molecule has 3 unspecified atom stereocenters. The molecule has 1 rings (SSSR count). The smallest absolute Gasteiger partial charge is 0.189 e. The summed E-state index contributed by atoms with van der Waals surface area (Å²) in [6.07, 6.45) is 1.85. The number of rotatable bonds is 9. The van der Waals surface area contributed by atoms with Crippen molar-refractivity contribution < 1.29 is 14.2 Å². The first kappa shape index (κ1) is 15.7. The molecule has 0 radical (unpaired) electrons. The van der Waals surface area contributed by atoms with Crippen LogP contribution in [0.25, 0.3) is 0 Å². The Bertz CT molecular complexity index is 275. The number of hydrogen-bond acceptors (Lipinski definition) is 3. The van der Waals surface area contributed by atoms with Gasteiger partial charge in [-0.1, -0.05) is 27.4 Å². The van der Waals surface area contributed by atoms with Crippen LogP contribution in [0, 0.1) is 5.92 Å². The third kappa shape index (κ3) is 5.09. The molecule has 0 bridgehead atoms. The van der Waals surface area contributed by atoms with Crippen molar-refractivity contribution in [2.24, 2.45) is 5.92 Å². The van der Waals surface area contributed by atoms with Gasteiger partial charge >= 0.3 is 0 Å². The largest absolute Gasteiger partial charge is 0.381 e. The normalized spacial score (nSPS) is 26.1. The molecule has 0 spiro atoms. The Kier molecular flexibility index (Phi) is 5.83. The van der Waals surface area contributed by atoms with Gasteiger partial charge in [0, 0.05) is 13.2 Å². The first-order chi connectivity index (χ1) is 8.38. The van der Waals surface area contributed by atoms with Gasteiger partial charge in [0.1, 0.15) is 6.10 Å². The zero-order chi connectivity index (χ0) is 13.8. The van der Waals surface area contributed by atoms with E-state index in [1.54, 1.807) is 0 Å². The molecule has 1 heterocycles. The molecule has 3 nitrogen and oxygen atoms in total. The van der Waals surface area contributed by atoms with E-state index in [1.165, 1.54) is 0 Å². The molecule has 1 aliphatic heterocycles. The summed E-state index contributed by atoms with van der Waals surface area (Å²) in [5, 5.41) is 0. The predicted octanol–water partition coefficient (Wildman–Crippen LogP) is 3.54. The van der Waals surface area contributed by atoms with E-state index >= 15 is 0 Å². The van der Waals surface area contributed by atoms with Gasteiger partial charge in [0.15, 0.2) is 6.29 Å². The van der Waals surface area contributed by atoms with Crippen LogP contribution >= 0.6 is 0 Å². The monoisotopic (exact) mass is 256 g/mol. The fourth-order valence-electron chi connectivity index (χ4n) is 1.74. The van der Waals surface area contributed by atoms with Crippen LogP contribution in [0.5, 0.6) is 0 Å². The SMILES string of the molecule is C=C(C)C1OC1OC(C)(CC)CCOCC(C)C. The van der Waals surface area contributed by atoms with Crippen LogP contribution in [-0.4, -0.2) is 31.2 Å². The van der Waals surface area contributed by atoms with Crippen molar-refractivity contribution in [2.45, 2.75) is 65.5 Å². The molecule has 18 heavy (non-hydrogen) atoms. The molecule has 0 aliphatic carbocycles. The second-order valence-corrected chi connectivity index (χ2v) is 5.91. The zero-order valence-electron chi connectivity index (χ0n) is 12.5. The van der Waals surface area contributed by atoms with Crippen molar-refractivity contribution in [2.75, 3.05) is 13.2 Å². The van der Waals surface area contributed by atoms with Crippen molar-refractivity contribution in [3.05, 3.63) is 12.2 Å². The highest BCUT2D eigenvalue weighted by atomic mass is 16.8.